The summed E-state index contributed by atoms with van der Waals surface area (Å²) >= 11 is 3.65. The van der Waals surface area contributed by atoms with Crippen LogP contribution in [0.2, 0.25) is 0 Å². The number of halogens is 1. The number of benzene rings is 1. The summed E-state index contributed by atoms with van der Waals surface area (Å²) in [5.41, 5.74) is 3.69. The first-order chi connectivity index (χ1) is 9.13. The molecule has 0 heterocycles. The van der Waals surface area contributed by atoms with Crippen molar-refractivity contribution in [2.75, 3.05) is 7.11 Å². The zero-order chi connectivity index (χ0) is 13.8. The predicted molar refractivity (Wildman–Crippen MR) is 77.9 cm³/mol. The lowest BCUT2D eigenvalue weighted by Gasteiger charge is -2.16. The van der Waals surface area contributed by atoms with Crippen molar-refractivity contribution in [3.05, 3.63) is 27.2 Å². The standard InChI is InChI=1S/C15H19BrO3/c1-19-15-11(7-8-13(17)18)9-10-5-3-2-4-6-12(10)14(15)16/h9H,2-8H2,1H3,(H,17,18). The Balaban J connectivity index is 2.39. The first-order valence-corrected chi connectivity index (χ1v) is 7.51. The molecule has 0 fully saturated rings. The second kappa shape index (κ2) is 6.42. The zero-order valence-corrected chi connectivity index (χ0v) is 12.8. The van der Waals surface area contributed by atoms with Gasteiger partial charge in [0.25, 0.3) is 0 Å². The van der Waals surface area contributed by atoms with Crippen LogP contribution in [0.25, 0.3) is 0 Å². The minimum absolute atomic E-state index is 0.140. The van der Waals surface area contributed by atoms with Crippen LogP contribution in [0.3, 0.4) is 0 Å². The first-order valence-electron chi connectivity index (χ1n) is 6.72. The van der Waals surface area contributed by atoms with E-state index in [1.54, 1.807) is 7.11 Å². The van der Waals surface area contributed by atoms with Gasteiger partial charge in [-0.15, -0.1) is 0 Å². The minimum atomic E-state index is -0.770. The Morgan fingerprint density at radius 3 is 2.79 bits per heavy atom. The second-order valence-corrected chi connectivity index (χ2v) is 5.77. The van der Waals surface area contributed by atoms with E-state index in [0.717, 1.165) is 28.6 Å². The Kier molecular flexibility index (Phi) is 4.86. The summed E-state index contributed by atoms with van der Waals surface area (Å²) in [5, 5.41) is 8.84. The number of rotatable bonds is 4. The molecule has 4 heteroatoms. The topological polar surface area (TPSA) is 46.5 Å². The molecule has 0 amide bonds. The Bertz CT molecular complexity index is 483. The number of carbonyl (C=O) groups is 1. The van der Waals surface area contributed by atoms with E-state index in [-0.39, 0.29) is 6.42 Å². The SMILES string of the molecule is COc1c(CCC(=O)O)cc2c(c1Br)CCCCC2. The van der Waals surface area contributed by atoms with E-state index in [1.807, 2.05) is 0 Å². The van der Waals surface area contributed by atoms with Crippen molar-refractivity contribution in [2.24, 2.45) is 0 Å². The van der Waals surface area contributed by atoms with Crippen LogP contribution >= 0.6 is 15.9 Å². The van der Waals surface area contributed by atoms with Crippen molar-refractivity contribution < 1.29 is 14.6 Å². The Morgan fingerprint density at radius 2 is 2.11 bits per heavy atom. The fourth-order valence-corrected chi connectivity index (χ4v) is 3.59. The predicted octanol–water partition coefficient (Wildman–Crippen LogP) is 3.74. The summed E-state index contributed by atoms with van der Waals surface area (Å²) in [5.74, 6) is 0.0371. The highest BCUT2D eigenvalue weighted by Gasteiger charge is 2.18. The maximum atomic E-state index is 10.7. The van der Waals surface area contributed by atoms with E-state index in [9.17, 15) is 4.79 Å². The van der Waals surface area contributed by atoms with Gasteiger partial charge in [-0.2, -0.15) is 0 Å². The highest BCUT2D eigenvalue weighted by atomic mass is 79.9. The van der Waals surface area contributed by atoms with Crippen LogP contribution in [0.4, 0.5) is 0 Å². The van der Waals surface area contributed by atoms with Gasteiger partial charge in [0.05, 0.1) is 11.6 Å². The number of aryl methyl sites for hydroxylation is 2. The molecule has 0 saturated heterocycles. The van der Waals surface area contributed by atoms with Gasteiger partial charge in [0, 0.05) is 6.42 Å². The third-order valence-electron chi connectivity index (χ3n) is 3.68. The molecule has 0 atom stereocenters. The molecule has 2 rings (SSSR count). The lowest BCUT2D eigenvalue weighted by Crippen LogP contribution is -2.04. The summed E-state index contributed by atoms with van der Waals surface area (Å²) in [6, 6.07) is 2.15. The van der Waals surface area contributed by atoms with E-state index in [1.165, 1.54) is 30.4 Å². The molecule has 0 radical (unpaired) electrons. The molecule has 0 unspecified atom stereocenters. The largest absolute Gasteiger partial charge is 0.495 e. The molecule has 1 aliphatic rings. The lowest BCUT2D eigenvalue weighted by atomic mass is 9.97. The summed E-state index contributed by atoms with van der Waals surface area (Å²) in [6.07, 6.45) is 6.50. The van der Waals surface area contributed by atoms with Gasteiger partial charge in [0.2, 0.25) is 0 Å². The third-order valence-corrected chi connectivity index (χ3v) is 4.52. The molecular formula is C15H19BrO3. The molecule has 0 bridgehead atoms. The van der Waals surface area contributed by atoms with Crippen LogP contribution < -0.4 is 4.74 Å². The maximum absolute atomic E-state index is 10.7. The number of carboxylic acids is 1. The van der Waals surface area contributed by atoms with Crippen LogP contribution in [0.1, 0.15) is 42.4 Å². The molecule has 1 aromatic rings. The summed E-state index contributed by atoms with van der Waals surface area (Å²) in [7, 11) is 1.65. The normalized spacial score (nSPS) is 14.6. The van der Waals surface area contributed by atoms with Gasteiger partial charge in [-0.25, -0.2) is 0 Å². The molecule has 1 aromatic carbocycles. The third kappa shape index (κ3) is 3.30. The van der Waals surface area contributed by atoms with Gasteiger partial charge in [-0.3, -0.25) is 4.79 Å². The van der Waals surface area contributed by atoms with Gasteiger partial charge in [-0.1, -0.05) is 12.5 Å². The van der Waals surface area contributed by atoms with Crippen molar-refractivity contribution in [1.82, 2.24) is 0 Å². The highest BCUT2D eigenvalue weighted by molar-refractivity contribution is 9.10. The number of hydrogen-bond donors (Lipinski definition) is 1. The van der Waals surface area contributed by atoms with Crippen LogP contribution in [-0.2, 0) is 24.1 Å². The van der Waals surface area contributed by atoms with Gasteiger partial charge >= 0.3 is 5.97 Å². The molecule has 104 valence electrons. The molecule has 19 heavy (non-hydrogen) atoms. The van der Waals surface area contributed by atoms with Crippen molar-refractivity contribution in [1.29, 1.82) is 0 Å². The Hall–Kier alpha value is -1.03. The molecule has 1 N–H and O–H groups in total. The molecule has 1 aliphatic carbocycles. The maximum Gasteiger partial charge on any atom is 0.303 e. The van der Waals surface area contributed by atoms with Crippen LogP contribution in [0, 0.1) is 0 Å². The van der Waals surface area contributed by atoms with Gasteiger partial charge in [0.15, 0.2) is 0 Å². The van der Waals surface area contributed by atoms with Crippen molar-refractivity contribution in [3.63, 3.8) is 0 Å². The number of hydrogen-bond acceptors (Lipinski definition) is 2. The second-order valence-electron chi connectivity index (χ2n) is 4.97. The van der Waals surface area contributed by atoms with Crippen LogP contribution in [0.5, 0.6) is 5.75 Å². The smallest absolute Gasteiger partial charge is 0.303 e. The molecule has 0 aromatic heterocycles. The van der Waals surface area contributed by atoms with Gasteiger partial charge in [0.1, 0.15) is 5.75 Å². The molecule has 3 nitrogen and oxygen atoms in total. The number of ether oxygens (including phenoxy) is 1. The fraction of sp³-hybridized carbons (Fsp3) is 0.533. The number of methoxy groups -OCH3 is 1. The first kappa shape index (κ1) is 14.4. The quantitative estimate of drug-likeness (QED) is 0.857. The number of aliphatic carboxylic acids is 1. The van der Waals surface area contributed by atoms with Crippen LogP contribution in [0.15, 0.2) is 10.5 Å². The van der Waals surface area contributed by atoms with Crippen LogP contribution in [-0.4, -0.2) is 18.2 Å². The monoisotopic (exact) mass is 326 g/mol. The number of carboxylic acid groups (broad SMARTS) is 1. The summed E-state index contributed by atoms with van der Waals surface area (Å²) < 4.78 is 6.50. The van der Waals surface area contributed by atoms with E-state index in [4.69, 9.17) is 9.84 Å². The molecular weight excluding hydrogens is 308 g/mol. The Labute approximate surface area is 122 Å². The van der Waals surface area contributed by atoms with Crippen molar-refractivity contribution >= 4 is 21.9 Å². The van der Waals surface area contributed by atoms with Crippen molar-refractivity contribution in [2.45, 2.75) is 44.9 Å². The summed E-state index contributed by atoms with van der Waals surface area (Å²) in [4.78, 5) is 10.7. The molecule has 0 spiro atoms. The summed E-state index contributed by atoms with van der Waals surface area (Å²) in [6.45, 7) is 0. The number of fused-ring (bicyclic) bond motifs is 1. The van der Waals surface area contributed by atoms with E-state index >= 15 is 0 Å². The average Bonchev–Trinajstić information content (AvgIpc) is 2.61. The Morgan fingerprint density at radius 1 is 1.37 bits per heavy atom. The zero-order valence-electron chi connectivity index (χ0n) is 11.2. The molecule has 0 saturated carbocycles. The van der Waals surface area contributed by atoms with E-state index in [2.05, 4.69) is 22.0 Å². The minimum Gasteiger partial charge on any atom is -0.495 e. The van der Waals surface area contributed by atoms with Crippen molar-refractivity contribution in [3.8, 4) is 5.75 Å². The van der Waals surface area contributed by atoms with E-state index < -0.39 is 5.97 Å². The molecule has 0 aliphatic heterocycles. The van der Waals surface area contributed by atoms with Gasteiger partial charge in [-0.05, 0) is 64.7 Å². The lowest BCUT2D eigenvalue weighted by molar-refractivity contribution is -0.136. The van der Waals surface area contributed by atoms with Gasteiger partial charge < -0.3 is 9.84 Å². The fourth-order valence-electron chi connectivity index (χ4n) is 2.72. The highest BCUT2D eigenvalue weighted by Crippen LogP contribution is 2.38. The average molecular weight is 327 g/mol. The van der Waals surface area contributed by atoms with E-state index in [0.29, 0.717) is 6.42 Å².